The van der Waals surface area contributed by atoms with Gasteiger partial charge in [0.15, 0.2) is 0 Å². The molecule has 2 aliphatic heterocycles. The van der Waals surface area contributed by atoms with Crippen LogP contribution in [0.4, 0.5) is 0 Å². The number of unbranched alkanes of at least 4 members (excludes halogenated alkanes) is 1. The summed E-state index contributed by atoms with van der Waals surface area (Å²) in [7, 11) is 0. The molecule has 2 atom stereocenters. The molecule has 4 heteroatoms. The van der Waals surface area contributed by atoms with E-state index in [-0.39, 0.29) is 0 Å². The first kappa shape index (κ1) is 25.5. The van der Waals surface area contributed by atoms with Crippen molar-refractivity contribution in [1.29, 1.82) is 0 Å². The van der Waals surface area contributed by atoms with Crippen LogP contribution in [0.15, 0.2) is 72.8 Å². The molecular weight excluding hydrogens is 472 g/mol. The van der Waals surface area contributed by atoms with Gasteiger partial charge in [-0.05, 0) is 94.5 Å². The van der Waals surface area contributed by atoms with Crippen molar-refractivity contribution in [2.45, 2.75) is 63.9 Å². The third kappa shape index (κ3) is 7.42. The molecule has 4 aromatic carbocycles. The molecular formula is C34H38O4. The zero-order valence-electron chi connectivity index (χ0n) is 22.2. The summed E-state index contributed by atoms with van der Waals surface area (Å²) in [5.74, 6) is 0. The molecule has 0 amide bonds. The summed E-state index contributed by atoms with van der Waals surface area (Å²) in [4.78, 5) is 0. The van der Waals surface area contributed by atoms with Gasteiger partial charge >= 0.3 is 0 Å². The number of ether oxygens (including phenoxy) is 4. The van der Waals surface area contributed by atoms with E-state index in [0.717, 1.165) is 52.1 Å². The number of hydrogen-bond donors (Lipinski definition) is 0. The Bertz CT molecular complexity index is 1250. The minimum Gasteiger partial charge on any atom is -0.377 e. The van der Waals surface area contributed by atoms with Crippen LogP contribution in [0, 0.1) is 0 Å². The van der Waals surface area contributed by atoms with Gasteiger partial charge in [-0.2, -0.15) is 0 Å². The second-order valence-electron chi connectivity index (χ2n) is 10.8. The summed E-state index contributed by atoms with van der Waals surface area (Å²) >= 11 is 0. The van der Waals surface area contributed by atoms with E-state index in [2.05, 4.69) is 72.8 Å². The Hall–Kier alpha value is -2.76. The number of hydrogen-bond acceptors (Lipinski definition) is 4. The first-order chi connectivity index (χ1) is 18.8. The molecule has 38 heavy (non-hydrogen) atoms. The van der Waals surface area contributed by atoms with E-state index in [0.29, 0.717) is 25.4 Å². The topological polar surface area (TPSA) is 43.5 Å². The van der Waals surface area contributed by atoms with E-state index in [1.54, 1.807) is 0 Å². The lowest BCUT2D eigenvalue weighted by Gasteiger charge is -2.08. The minimum absolute atomic E-state index is 0.439. The third-order valence-electron chi connectivity index (χ3n) is 7.63. The van der Waals surface area contributed by atoms with Crippen molar-refractivity contribution >= 4 is 21.5 Å². The van der Waals surface area contributed by atoms with Crippen molar-refractivity contribution in [1.82, 2.24) is 0 Å². The predicted molar refractivity (Wildman–Crippen MR) is 153 cm³/mol. The van der Waals surface area contributed by atoms with Crippen LogP contribution >= 0.6 is 0 Å². The maximum absolute atomic E-state index is 5.81. The average molecular weight is 511 g/mol. The molecule has 2 saturated heterocycles. The molecule has 0 N–H and O–H groups in total. The Morgan fingerprint density at radius 2 is 0.895 bits per heavy atom. The van der Waals surface area contributed by atoms with Crippen LogP contribution in [-0.4, -0.2) is 38.6 Å². The smallest absolute Gasteiger partial charge is 0.0831 e. The first-order valence-corrected chi connectivity index (χ1v) is 14.2. The van der Waals surface area contributed by atoms with Gasteiger partial charge in [0.05, 0.1) is 38.6 Å². The summed E-state index contributed by atoms with van der Waals surface area (Å²) in [5.41, 5.74) is 5.32. The van der Waals surface area contributed by atoms with Crippen molar-refractivity contribution < 1.29 is 18.9 Å². The van der Waals surface area contributed by atoms with Crippen LogP contribution in [0.3, 0.4) is 0 Å². The average Bonchev–Trinajstić information content (AvgIpc) is 3.88. The van der Waals surface area contributed by atoms with Gasteiger partial charge in [0.2, 0.25) is 0 Å². The fourth-order valence-electron chi connectivity index (χ4n) is 5.12. The molecule has 0 radical (unpaired) electrons. The van der Waals surface area contributed by atoms with Gasteiger partial charge in [-0.15, -0.1) is 0 Å². The summed E-state index contributed by atoms with van der Waals surface area (Å²) in [6, 6.07) is 27.2. The second-order valence-corrected chi connectivity index (χ2v) is 10.8. The van der Waals surface area contributed by atoms with Gasteiger partial charge in [-0.3, -0.25) is 0 Å². The molecule has 0 spiro atoms. The molecule has 0 saturated carbocycles. The van der Waals surface area contributed by atoms with Gasteiger partial charge in [0, 0.05) is 13.2 Å². The maximum atomic E-state index is 5.81. The quantitative estimate of drug-likeness (QED) is 0.126. The van der Waals surface area contributed by atoms with Crippen molar-refractivity contribution in [2.24, 2.45) is 0 Å². The van der Waals surface area contributed by atoms with E-state index < -0.39 is 0 Å². The molecule has 0 bridgehead atoms. The van der Waals surface area contributed by atoms with E-state index in [1.165, 1.54) is 56.6 Å². The van der Waals surface area contributed by atoms with E-state index in [9.17, 15) is 0 Å². The zero-order chi connectivity index (χ0) is 25.6. The summed E-state index contributed by atoms with van der Waals surface area (Å²) in [5, 5.41) is 5.21. The third-order valence-corrected chi connectivity index (χ3v) is 7.63. The molecule has 198 valence electrons. The van der Waals surface area contributed by atoms with Gasteiger partial charge in [0.25, 0.3) is 0 Å². The van der Waals surface area contributed by atoms with Crippen molar-refractivity contribution in [2.75, 3.05) is 26.4 Å². The molecule has 0 aromatic heterocycles. The molecule has 2 unspecified atom stereocenters. The fraction of sp³-hybridized carbons (Fsp3) is 0.412. The van der Waals surface area contributed by atoms with Crippen molar-refractivity contribution in [3.63, 3.8) is 0 Å². The number of benzene rings is 4. The number of rotatable bonds is 15. The Morgan fingerprint density at radius 3 is 1.29 bits per heavy atom. The standard InChI is InChI=1S/C34H38O4/c1(3-25-5-9-31-19-27(7-11-29(31)17-25)21-35-15-13-33-23-37-33)2-4-26-6-10-32-20-28(8-12-30(32)18-26)22-36-16-14-34-24-38-34/h5-12,17-20,33-34H,1-4,13-16,21-24H2. The van der Waals surface area contributed by atoms with Gasteiger partial charge in [-0.1, -0.05) is 60.7 Å². The highest BCUT2D eigenvalue weighted by molar-refractivity contribution is 5.84. The normalized spacial score (nSPS) is 18.3. The molecule has 2 fully saturated rings. The van der Waals surface area contributed by atoms with Crippen LogP contribution in [0.2, 0.25) is 0 Å². The van der Waals surface area contributed by atoms with Gasteiger partial charge < -0.3 is 18.9 Å². The highest BCUT2D eigenvalue weighted by atomic mass is 16.6. The predicted octanol–water partition coefficient (Wildman–Crippen LogP) is 7.17. The minimum atomic E-state index is 0.439. The number of aryl methyl sites for hydroxylation is 2. The van der Waals surface area contributed by atoms with Gasteiger partial charge in [0.1, 0.15) is 0 Å². The van der Waals surface area contributed by atoms with E-state index in [4.69, 9.17) is 18.9 Å². The van der Waals surface area contributed by atoms with Crippen molar-refractivity contribution in [3.05, 3.63) is 95.1 Å². The Labute approximate surface area is 225 Å². The fourth-order valence-corrected chi connectivity index (χ4v) is 5.12. The number of fused-ring (bicyclic) bond motifs is 2. The molecule has 4 aromatic rings. The van der Waals surface area contributed by atoms with Crippen LogP contribution in [0.25, 0.3) is 21.5 Å². The summed E-state index contributed by atoms with van der Waals surface area (Å²) < 4.78 is 22.1. The Kier molecular flexibility index (Phi) is 8.32. The van der Waals surface area contributed by atoms with Crippen LogP contribution < -0.4 is 0 Å². The van der Waals surface area contributed by atoms with E-state index >= 15 is 0 Å². The highest BCUT2D eigenvalue weighted by Gasteiger charge is 2.22. The van der Waals surface area contributed by atoms with Crippen LogP contribution in [0.1, 0.15) is 47.9 Å². The lowest BCUT2D eigenvalue weighted by molar-refractivity contribution is 0.113. The lowest BCUT2D eigenvalue weighted by Crippen LogP contribution is -1.99. The molecule has 2 aliphatic rings. The van der Waals surface area contributed by atoms with Crippen LogP contribution in [-0.2, 0) is 45.0 Å². The zero-order valence-corrected chi connectivity index (χ0v) is 22.2. The maximum Gasteiger partial charge on any atom is 0.0831 e. The second kappa shape index (κ2) is 12.4. The Balaban J connectivity index is 0.945. The molecule has 0 aliphatic carbocycles. The van der Waals surface area contributed by atoms with Crippen LogP contribution in [0.5, 0.6) is 0 Å². The molecule has 6 rings (SSSR count). The van der Waals surface area contributed by atoms with Crippen molar-refractivity contribution in [3.8, 4) is 0 Å². The summed E-state index contributed by atoms with van der Waals surface area (Å²) in [6.07, 6.45) is 7.52. The van der Waals surface area contributed by atoms with Gasteiger partial charge in [-0.25, -0.2) is 0 Å². The summed E-state index contributed by atoms with van der Waals surface area (Å²) in [6.45, 7) is 4.69. The number of epoxide rings is 2. The first-order valence-electron chi connectivity index (χ1n) is 14.2. The van der Waals surface area contributed by atoms with E-state index in [1.807, 2.05) is 0 Å². The monoisotopic (exact) mass is 510 g/mol. The SMILES string of the molecule is c1cc2cc(COCCC3CO3)ccc2cc1CCCCc1ccc2cc(COCCC3CO3)ccc2c1. The molecule has 2 heterocycles. The highest BCUT2D eigenvalue weighted by Crippen LogP contribution is 2.23. The Morgan fingerprint density at radius 1 is 0.526 bits per heavy atom. The molecule has 4 nitrogen and oxygen atoms in total. The lowest BCUT2D eigenvalue weighted by atomic mass is 9.98. The largest absolute Gasteiger partial charge is 0.377 e.